The lowest BCUT2D eigenvalue weighted by molar-refractivity contribution is 0.492. The average molecular weight is 248 g/mol. The van der Waals surface area contributed by atoms with Gasteiger partial charge < -0.3 is 4.43 Å². The smallest absolute Gasteiger partial charge is 0.250 e. The lowest BCUT2D eigenvalue weighted by Crippen LogP contribution is -2.43. The highest BCUT2D eigenvalue weighted by atomic mass is 28.4. The molecule has 0 aliphatic rings. The van der Waals surface area contributed by atoms with E-state index in [-0.39, 0.29) is 5.04 Å². The summed E-state index contributed by atoms with van der Waals surface area (Å²) in [6, 6.07) is 8.33. The molecule has 0 radical (unpaired) electrons. The van der Waals surface area contributed by atoms with Crippen LogP contribution in [0, 0.1) is 0 Å². The molecule has 0 saturated carbocycles. The number of benzene rings is 1. The highest BCUT2D eigenvalue weighted by Crippen LogP contribution is 2.37. The molecule has 0 bridgehead atoms. The fraction of sp³-hybridized carbons (Fsp3) is 0.467. The van der Waals surface area contributed by atoms with Crippen molar-refractivity contribution in [1.82, 2.24) is 0 Å². The fourth-order valence-electron chi connectivity index (χ4n) is 1.29. The summed E-state index contributed by atoms with van der Waals surface area (Å²) >= 11 is 0. The monoisotopic (exact) mass is 248 g/mol. The van der Waals surface area contributed by atoms with Crippen molar-refractivity contribution in [3.8, 4) is 5.75 Å². The SMILES string of the molecule is C/C=C/c1ccc(O[Si](C)(C)C(C)(C)C)cc1. The van der Waals surface area contributed by atoms with Crippen LogP contribution in [-0.4, -0.2) is 8.32 Å². The van der Waals surface area contributed by atoms with Gasteiger partial charge in [0.25, 0.3) is 0 Å². The zero-order valence-electron chi connectivity index (χ0n) is 11.9. The second-order valence-electron chi connectivity index (χ2n) is 5.93. The van der Waals surface area contributed by atoms with E-state index in [1.807, 2.05) is 13.0 Å². The predicted octanol–water partition coefficient (Wildman–Crippen LogP) is 5.10. The zero-order valence-corrected chi connectivity index (χ0v) is 12.9. The molecule has 1 nitrogen and oxygen atoms in total. The molecule has 17 heavy (non-hydrogen) atoms. The molecule has 0 atom stereocenters. The topological polar surface area (TPSA) is 9.23 Å². The van der Waals surface area contributed by atoms with Crippen molar-refractivity contribution in [2.45, 2.75) is 45.8 Å². The summed E-state index contributed by atoms with van der Waals surface area (Å²) in [6.45, 7) is 13.3. The summed E-state index contributed by atoms with van der Waals surface area (Å²) in [5.41, 5.74) is 1.22. The second-order valence-corrected chi connectivity index (χ2v) is 10.7. The first-order chi connectivity index (χ1) is 7.76. The van der Waals surface area contributed by atoms with E-state index in [0.717, 1.165) is 5.75 Å². The molecule has 0 aliphatic carbocycles. The third-order valence-corrected chi connectivity index (χ3v) is 7.78. The van der Waals surface area contributed by atoms with E-state index in [4.69, 9.17) is 4.43 Å². The summed E-state index contributed by atoms with van der Waals surface area (Å²) in [7, 11) is -1.70. The van der Waals surface area contributed by atoms with Crippen LogP contribution >= 0.6 is 0 Å². The Labute approximate surface area is 107 Å². The van der Waals surface area contributed by atoms with Crippen LogP contribution in [0.1, 0.15) is 33.3 Å². The van der Waals surface area contributed by atoms with Crippen molar-refractivity contribution in [1.29, 1.82) is 0 Å². The number of hydrogen-bond donors (Lipinski definition) is 0. The average Bonchev–Trinajstić information content (AvgIpc) is 2.19. The molecular weight excluding hydrogens is 224 g/mol. The maximum atomic E-state index is 6.21. The van der Waals surface area contributed by atoms with Gasteiger partial charge in [-0.25, -0.2) is 0 Å². The summed E-state index contributed by atoms with van der Waals surface area (Å²) in [5, 5.41) is 0.245. The molecule has 0 N–H and O–H groups in total. The van der Waals surface area contributed by atoms with Crippen LogP contribution in [0.5, 0.6) is 5.75 Å². The van der Waals surface area contributed by atoms with E-state index in [0.29, 0.717) is 0 Å². The first-order valence-electron chi connectivity index (χ1n) is 6.18. The van der Waals surface area contributed by atoms with Crippen molar-refractivity contribution in [2.75, 3.05) is 0 Å². The summed E-state index contributed by atoms with van der Waals surface area (Å²) < 4.78 is 6.21. The van der Waals surface area contributed by atoms with E-state index in [1.165, 1.54) is 5.56 Å². The third kappa shape index (κ3) is 3.74. The van der Waals surface area contributed by atoms with Crippen molar-refractivity contribution >= 4 is 14.4 Å². The van der Waals surface area contributed by atoms with Gasteiger partial charge in [0.1, 0.15) is 5.75 Å². The highest BCUT2D eigenvalue weighted by Gasteiger charge is 2.38. The lowest BCUT2D eigenvalue weighted by Gasteiger charge is -2.36. The highest BCUT2D eigenvalue weighted by molar-refractivity contribution is 6.74. The first-order valence-corrected chi connectivity index (χ1v) is 9.09. The molecule has 2 heteroatoms. The largest absolute Gasteiger partial charge is 0.544 e. The molecule has 0 amide bonds. The Kier molecular flexibility index (Phi) is 4.20. The quantitative estimate of drug-likeness (QED) is 0.676. The van der Waals surface area contributed by atoms with Crippen molar-refractivity contribution in [2.24, 2.45) is 0 Å². The number of hydrogen-bond acceptors (Lipinski definition) is 1. The van der Waals surface area contributed by atoms with Gasteiger partial charge >= 0.3 is 0 Å². The Morgan fingerprint density at radius 2 is 1.59 bits per heavy atom. The first kappa shape index (κ1) is 14.0. The van der Waals surface area contributed by atoms with Crippen LogP contribution in [0.3, 0.4) is 0 Å². The minimum Gasteiger partial charge on any atom is -0.544 e. The molecular formula is C15H24OSi. The van der Waals surface area contributed by atoms with Gasteiger partial charge in [-0.15, -0.1) is 0 Å². The predicted molar refractivity (Wildman–Crippen MR) is 79.0 cm³/mol. The lowest BCUT2D eigenvalue weighted by atomic mass is 10.2. The molecule has 0 unspecified atom stereocenters. The van der Waals surface area contributed by atoms with Gasteiger partial charge in [-0.05, 0) is 42.8 Å². The van der Waals surface area contributed by atoms with Crippen molar-refractivity contribution < 1.29 is 4.43 Å². The molecule has 1 rings (SSSR count). The Morgan fingerprint density at radius 3 is 2.00 bits per heavy atom. The summed E-state index contributed by atoms with van der Waals surface area (Å²) in [4.78, 5) is 0. The van der Waals surface area contributed by atoms with Crippen molar-refractivity contribution in [3.05, 3.63) is 35.9 Å². The standard InChI is InChI=1S/C15H24OSi/c1-7-8-13-9-11-14(12-10-13)16-17(5,6)15(2,3)4/h7-12H,1-6H3/b8-7+. The van der Waals surface area contributed by atoms with Gasteiger partial charge in [-0.1, -0.05) is 45.1 Å². The van der Waals surface area contributed by atoms with Gasteiger partial charge in [0, 0.05) is 0 Å². The van der Waals surface area contributed by atoms with E-state index < -0.39 is 8.32 Å². The maximum absolute atomic E-state index is 6.21. The van der Waals surface area contributed by atoms with E-state index in [1.54, 1.807) is 0 Å². The summed E-state index contributed by atoms with van der Waals surface area (Å²) in [6.07, 6.45) is 4.14. The Balaban J connectivity index is 2.83. The van der Waals surface area contributed by atoms with Crippen LogP contribution in [-0.2, 0) is 0 Å². The Morgan fingerprint density at radius 1 is 1.06 bits per heavy atom. The van der Waals surface area contributed by atoms with Gasteiger partial charge in [0.05, 0.1) is 0 Å². The van der Waals surface area contributed by atoms with E-state index in [2.05, 4.69) is 64.2 Å². The maximum Gasteiger partial charge on any atom is 0.250 e. The van der Waals surface area contributed by atoms with Crippen molar-refractivity contribution in [3.63, 3.8) is 0 Å². The van der Waals surface area contributed by atoms with E-state index in [9.17, 15) is 0 Å². The third-order valence-electron chi connectivity index (χ3n) is 3.42. The molecule has 0 heterocycles. The van der Waals surface area contributed by atoms with Gasteiger partial charge in [-0.3, -0.25) is 0 Å². The van der Waals surface area contributed by atoms with Gasteiger partial charge in [0.2, 0.25) is 8.32 Å². The minimum atomic E-state index is -1.70. The molecule has 94 valence electrons. The van der Waals surface area contributed by atoms with Crippen LogP contribution in [0.4, 0.5) is 0 Å². The molecule has 0 fully saturated rings. The van der Waals surface area contributed by atoms with E-state index >= 15 is 0 Å². The van der Waals surface area contributed by atoms with Gasteiger partial charge in [-0.2, -0.15) is 0 Å². The Bertz CT molecular complexity index is 382. The molecule has 0 aromatic heterocycles. The molecule has 1 aromatic carbocycles. The van der Waals surface area contributed by atoms with Crippen LogP contribution in [0.2, 0.25) is 18.1 Å². The molecule has 0 aliphatic heterocycles. The number of allylic oxidation sites excluding steroid dienone is 1. The molecule has 0 spiro atoms. The minimum absolute atomic E-state index is 0.245. The normalized spacial score (nSPS) is 13.1. The molecule has 1 aromatic rings. The zero-order chi connectivity index (χ0) is 13.1. The second kappa shape index (κ2) is 5.09. The van der Waals surface area contributed by atoms with Crippen LogP contribution in [0.25, 0.3) is 6.08 Å². The van der Waals surface area contributed by atoms with Crippen LogP contribution < -0.4 is 4.43 Å². The molecule has 0 saturated heterocycles. The Hall–Kier alpha value is -1.02. The number of rotatable bonds is 3. The fourth-order valence-corrected chi connectivity index (χ4v) is 2.32. The van der Waals surface area contributed by atoms with Crippen LogP contribution in [0.15, 0.2) is 30.3 Å². The van der Waals surface area contributed by atoms with Gasteiger partial charge in [0.15, 0.2) is 0 Å². The summed E-state index contributed by atoms with van der Waals surface area (Å²) in [5.74, 6) is 0.991.